The van der Waals surface area contributed by atoms with Gasteiger partial charge in [-0.15, -0.1) is 0 Å². The SMILES string of the molecule is CNCCc1ccccc1C(=O)Nc1cnn(C)c1. The Morgan fingerprint density at radius 1 is 1.37 bits per heavy atom. The predicted molar refractivity (Wildman–Crippen MR) is 75.2 cm³/mol. The standard InChI is InChI=1S/C14H18N4O/c1-15-8-7-11-5-3-4-6-13(11)14(19)17-12-9-16-18(2)10-12/h3-6,9-10,15H,7-8H2,1-2H3,(H,17,19). The monoisotopic (exact) mass is 258 g/mol. The van der Waals surface area contributed by atoms with Gasteiger partial charge in [0.2, 0.25) is 0 Å². The molecule has 5 heteroatoms. The molecule has 0 aliphatic rings. The second-order valence-electron chi connectivity index (χ2n) is 4.37. The Morgan fingerprint density at radius 3 is 2.84 bits per heavy atom. The first-order chi connectivity index (χ1) is 9.20. The molecule has 0 saturated heterocycles. The van der Waals surface area contributed by atoms with Crippen molar-refractivity contribution < 1.29 is 4.79 Å². The number of rotatable bonds is 5. The Bertz CT molecular complexity index is 562. The van der Waals surface area contributed by atoms with Crippen molar-refractivity contribution in [1.29, 1.82) is 0 Å². The first kappa shape index (κ1) is 13.3. The summed E-state index contributed by atoms with van der Waals surface area (Å²) in [5, 5.41) is 9.97. The number of aryl methyl sites for hydroxylation is 1. The highest BCUT2D eigenvalue weighted by molar-refractivity contribution is 6.05. The first-order valence-electron chi connectivity index (χ1n) is 6.23. The van der Waals surface area contributed by atoms with Crippen molar-refractivity contribution in [1.82, 2.24) is 15.1 Å². The summed E-state index contributed by atoms with van der Waals surface area (Å²) in [7, 11) is 3.72. The van der Waals surface area contributed by atoms with Crippen LogP contribution >= 0.6 is 0 Å². The van der Waals surface area contributed by atoms with E-state index in [4.69, 9.17) is 0 Å². The van der Waals surface area contributed by atoms with Gasteiger partial charge in [0, 0.05) is 18.8 Å². The third kappa shape index (κ3) is 3.42. The van der Waals surface area contributed by atoms with E-state index in [-0.39, 0.29) is 5.91 Å². The summed E-state index contributed by atoms with van der Waals surface area (Å²) in [6.45, 7) is 0.844. The number of likely N-dealkylation sites (N-methyl/N-ethyl adjacent to an activating group) is 1. The summed E-state index contributed by atoms with van der Waals surface area (Å²) < 4.78 is 1.66. The number of carbonyl (C=O) groups is 1. The van der Waals surface area contributed by atoms with Crippen LogP contribution in [0.4, 0.5) is 5.69 Å². The predicted octanol–water partition coefficient (Wildman–Crippen LogP) is 1.43. The van der Waals surface area contributed by atoms with Gasteiger partial charge in [-0.1, -0.05) is 18.2 Å². The molecule has 0 unspecified atom stereocenters. The average Bonchev–Trinajstić information content (AvgIpc) is 2.82. The molecule has 0 atom stereocenters. The number of hydrogen-bond acceptors (Lipinski definition) is 3. The van der Waals surface area contributed by atoms with Gasteiger partial charge < -0.3 is 10.6 Å². The van der Waals surface area contributed by atoms with Gasteiger partial charge in [0.1, 0.15) is 0 Å². The van der Waals surface area contributed by atoms with Crippen LogP contribution in [0, 0.1) is 0 Å². The van der Waals surface area contributed by atoms with Gasteiger partial charge in [0.05, 0.1) is 11.9 Å². The number of aromatic nitrogens is 2. The lowest BCUT2D eigenvalue weighted by Crippen LogP contribution is -2.17. The number of nitrogens with one attached hydrogen (secondary N) is 2. The summed E-state index contributed by atoms with van der Waals surface area (Å²) in [6.07, 6.45) is 4.23. The zero-order chi connectivity index (χ0) is 13.7. The van der Waals surface area contributed by atoms with Crippen LogP contribution in [0.3, 0.4) is 0 Å². The molecule has 0 saturated carbocycles. The molecule has 2 rings (SSSR count). The van der Waals surface area contributed by atoms with Crippen molar-refractivity contribution >= 4 is 11.6 Å². The molecule has 0 bridgehead atoms. The van der Waals surface area contributed by atoms with Crippen LogP contribution in [0.15, 0.2) is 36.7 Å². The molecule has 19 heavy (non-hydrogen) atoms. The highest BCUT2D eigenvalue weighted by Gasteiger charge is 2.11. The van der Waals surface area contributed by atoms with Crippen LogP contribution in [0.25, 0.3) is 0 Å². The van der Waals surface area contributed by atoms with Gasteiger partial charge >= 0.3 is 0 Å². The quantitative estimate of drug-likeness (QED) is 0.853. The molecule has 5 nitrogen and oxygen atoms in total. The van der Waals surface area contributed by atoms with E-state index in [2.05, 4.69) is 15.7 Å². The Kier molecular flexibility index (Phi) is 4.30. The van der Waals surface area contributed by atoms with Gasteiger partial charge in [0.25, 0.3) is 5.91 Å². The molecule has 1 aromatic heterocycles. The molecule has 0 aliphatic carbocycles. The lowest BCUT2D eigenvalue weighted by Gasteiger charge is -2.08. The van der Waals surface area contributed by atoms with Crippen LogP contribution in [0.5, 0.6) is 0 Å². The molecule has 100 valence electrons. The van der Waals surface area contributed by atoms with Crippen LogP contribution < -0.4 is 10.6 Å². The molecule has 0 spiro atoms. The van der Waals surface area contributed by atoms with E-state index in [9.17, 15) is 4.79 Å². The molecule has 1 heterocycles. The normalized spacial score (nSPS) is 10.4. The molecule has 0 radical (unpaired) electrons. The average molecular weight is 258 g/mol. The van der Waals surface area contributed by atoms with E-state index >= 15 is 0 Å². The summed E-state index contributed by atoms with van der Waals surface area (Å²) in [6, 6.07) is 7.65. The van der Waals surface area contributed by atoms with Gasteiger partial charge in [-0.3, -0.25) is 9.48 Å². The summed E-state index contributed by atoms with van der Waals surface area (Å²) >= 11 is 0. The Labute approximate surface area is 112 Å². The molecule has 2 aromatic rings. The van der Waals surface area contributed by atoms with Crippen LogP contribution in [-0.2, 0) is 13.5 Å². The van der Waals surface area contributed by atoms with E-state index in [1.807, 2.05) is 38.4 Å². The maximum Gasteiger partial charge on any atom is 0.256 e. The fourth-order valence-electron chi connectivity index (χ4n) is 1.90. The van der Waals surface area contributed by atoms with Gasteiger partial charge in [0.15, 0.2) is 0 Å². The van der Waals surface area contributed by atoms with E-state index in [1.165, 1.54) is 0 Å². The number of amides is 1. The minimum atomic E-state index is -0.0975. The third-order valence-electron chi connectivity index (χ3n) is 2.87. The summed E-state index contributed by atoms with van der Waals surface area (Å²) in [5.74, 6) is -0.0975. The summed E-state index contributed by atoms with van der Waals surface area (Å²) in [5.41, 5.74) is 2.45. The van der Waals surface area contributed by atoms with E-state index in [0.29, 0.717) is 11.3 Å². The number of hydrogen-bond donors (Lipinski definition) is 2. The molecule has 1 aromatic carbocycles. The first-order valence-corrected chi connectivity index (χ1v) is 6.23. The molecule has 2 N–H and O–H groups in total. The van der Waals surface area contributed by atoms with Crippen molar-refractivity contribution in [2.45, 2.75) is 6.42 Å². The molecule has 0 aliphatic heterocycles. The lowest BCUT2D eigenvalue weighted by atomic mass is 10.0. The second kappa shape index (κ2) is 6.15. The number of carbonyl (C=O) groups excluding carboxylic acids is 1. The lowest BCUT2D eigenvalue weighted by molar-refractivity contribution is 0.102. The zero-order valence-corrected chi connectivity index (χ0v) is 11.2. The van der Waals surface area contributed by atoms with Crippen LogP contribution in [-0.4, -0.2) is 29.3 Å². The Morgan fingerprint density at radius 2 is 2.16 bits per heavy atom. The Balaban J connectivity index is 2.14. The molecule has 1 amide bonds. The number of nitrogens with zero attached hydrogens (tertiary/aromatic N) is 2. The smallest absolute Gasteiger partial charge is 0.256 e. The molecular weight excluding hydrogens is 240 g/mol. The second-order valence-corrected chi connectivity index (χ2v) is 4.37. The van der Waals surface area contributed by atoms with E-state index in [1.54, 1.807) is 17.1 Å². The van der Waals surface area contributed by atoms with Crippen LogP contribution in [0.2, 0.25) is 0 Å². The van der Waals surface area contributed by atoms with Gasteiger partial charge in [-0.2, -0.15) is 5.10 Å². The summed E-state index contributed by atoms with van der Waals surface area (Å²) in [4.78, 5) is 12.2. The minimum Gasteiger partial charge on any atom is -0.319 e. The third-order valence-corrected chi connectivity index (χ3v) is 2.87. The zero-order valence-electron chi connectivity index (χ0n) is 11.2. The fraction of sp³-hybridized carbons (Fsp3) is 0.286. The highest BCUT2D eigenvalue weighted by atomic mass is 16.1. The topological polar surface area (TPSA) is 59.0 Å². The van der Waals surface area contributed by atoms with Crippen LogP contribution in [0.1, 0.15) is 15.9 Å². The number of anilines is 1. The maximum absolute atomic E-state index is 12.2. The van der Waals surface area contributed by atoms with Gasteiger partial charge in [-0.05, 0) is 31.6 Å². The van der Waals surface area contributed by atoms with E-state index < -0.39 is 0 Å². The molecule has 0 fully saturated rings. The van der Waals surface area contributed by atoms with E-state index in [0.717, 1.165) is 18.5 Å². The highest BCUT2D eigenvalue weighted by Crippen LogP contribution is 2.12. The number of benzene rings is 1. The van der Waals surface area contributed by atoms with Crippen molar-refractivity contribution in [3.63, 3.8) is 0 Å². The van der Waals surface area contributed by atoms with Crippen molar-refractivity contribution in [3.05, 3.63) is 47.8 Å². The van der Waals surface area contributed by atoms with Crippen molar-refractivity contribution in [2.24, 2.45) is 7.05 Å². The van der Waals surface area contributed by atoms with Gasteiger partial charge in [-0.25, -0.2) is 0 Å². The van der Waals surface area contributed by atoms with Crippen molar-refractivity contribution in [3.8, 4) is 0 Å². The molecular formula is C14H18N4O. The fourth-order valence-corrected chi connectivity index (χ4v) is 1.90. The maximum atomic E-state index is 12.2. The largest absolute Gasteiger partial charge is 0.319 e. The minimum absolute atomic E-state index is 0.0975. The van der Waals surface area contributed by atoms with Crippen molar-refractivity contribution in [2.75, 3.05) is 18.9 Å². The Hall–Kier alpha value is -2.14.